The Morgan fingerprint density at radius 3 is 2.07 bits per heavy atom. The number of ketones is 1. The topological polar surface area (TPSA) is 94.9 Å². The number of Topliss-reactive ketones (excluding diaryl/α,β-unsaturated/α-hetero) is 1. The molecule has 7 fully saturated rings. The number of carbonyl (C=O) groups is 1. The van der Waals surface area contributed by atoms with Crippen LogP contribution in [0.3, 0.4) is 0 Å². The molecule has 8 unspecified atom stereocenters. The van der Waals surface area contributed by atoms with E-state index in [2.05, 4.69) is 44.2 Å². The van der Waals surface area contributed by atoms with Crippen molar-refractivity contribution in [1.29, 1.82) is 0 Å². The normalized spacial score (nSPS) is 45.6. The Bertz CT molecular complexity index is 2020. The lowest BCUT2D eigenvalue weighted by atomic mass is 9.32. The van der Waals surface area contributed by atoms with Gasteiger partial charge in [-0.2, -0.15) is 4.31 Å². The van der Waals surface area contributed by atoms with Crippen molar-refractivity contribution in [3.8, 4) is 11.1 Å². The summed E-state index contributed by atoms with van der Waals surface area (Å²) >= 11 is 0. The van der Waals surface area contributed by atoms with Crippen molar-refractivity contribution in [2.45, 2.75) is 109 Å². The van der Waals surface area contributed by atoms with Gasteiger partial charge in [0.15, 0.2) is 5.78 Å². The maximum atomic E-state index is 15.5. The van der Waals surface area contributed by atoms with E-state index in [0.717, 1.165) is 85.8 Å². The van der Waals surface area contributed by atoms with Crippen LogP contribution in [0.5, 0.6) is 0 Å². The van der Waals surface area contributed by atoms with Crippen LogP contribution in [0, 0.1) is 56.7 Å². The summed E-state index contributed by atoms with van der Waals surface area (Å²) in [5, 5.41) is 24.4. The number of allylic oxidation sites excluding steroid dienone is 4. The molecule has 7 heteroatoms. The van der Waals surface area contributed by atoms with E-state index in [1.807, 2.05) is 42.5 Å². The third-order valence-corrected chi connectivity index (χ3v) is 19.0. The molecule has 2 spiro atoms. The summed E-state index contributed by atoms with van der Waals surface area (Å²) in [6.45, 7) is 5.30. The lowest BCUT2D eigenvalue weighted by Crippen LogP contribution is -2.67. The molecule has 8 atom stereocenters. The van der Waals surface area contributed by atoms with Crippen LogP contribution in [0.4, 0.5) is 0 Å². The Balaban J connectivity index is 1.06. The van der Waals surface area contributed by atoms with Gasteiger partial charge in [0.2, 0.25) is 10.0 Å². The van der Waals surface area contributed by atoms with Gasteiger partial charge in [-0.15, -0.1) is 0 Å². The first-order valence-electron chi connectivity index (χ1n) is 21.1. The molecule has 0 saturated heterocycles. The molecule has 10 aliphatic rings. The maximum Gasteiger partial charge on any atom is 0.211 e. The predicted molar refractivity (Wildman–Crippen MR) is 212 cm³/mol. The van der Waals surface area contributed by atoms with E-state index in [1.165, 1.54) is 25.5 Å². The molecule has 12 rings (SSSR count). The molecule has 2 N–H and O–H groups in total. The van der Waals surface area contributed by atoms with Gasteiger partial charge in [0, 0.05) is 40.5 Å². The Kier molecular flexibility index (Phi) is 7.78. The lowest BCUT2D eigenvalue weighted by Gasteiger charge is -2.71. The second-order valence-electron chi connectivity index (χ2n) is 20.5. The monoisotopic (exact) mass is 749 g/mol. The van der Waals surface area contributed by atoms with E-state index < -0.39 is 38.0 Å². The maximum absolute atomic E-state index is 15.5. The Hall–Kier alpha value is -2.58. The molecule has 0 aliphatic heterocycles. The van der Waals surface area contributed by atoms with Gasteiger partial charge in [-0.1, -0.05) is 86.7 Å². The highest BCUT2D eigenvalue weighted by Crippen LogP contribution is 2.78. The molecule has 6 bridgehead atoms. The van der Waals surface area contributed by atoms with E-state index in [1.54, 1.807) is 4.31 Å². The Labute approximate surface area is 322 Å². The van der Waals surface area contributed by atoms with Gasteiger partial charge in [0.05, 0.1) is 18.0 Å². The Morgan fingerprint density at radius 1 is 0.778 bits per heavy atom. The first-order chi connectivity index (χ1) is 25.6. The molecule has 10 aliphatic carbocycles. The van der Waals surface area contributed by atoms with Crippen molar-refractivity contribution in [2.24, 2.45) is 56.7 Å². The number of hydrogen-bond acceptors (Lipinski definition) is 5. The van der Waals surface area contributed by atoms with Crippen LogP contribution in [-0.2, 0) is 10.0 Å². The second-order valence-corrected chi connectivity index (χ2v) is 22.5. The number of rotatable bonds is 8. The minimum atomic E-state index is -3.59. The summed E-state index contributed by atoms with van der Waals surface area (Å²) in [6, 6.07) is 18.1. The number of hydrogen-bond donors (Lipinski definition) is 2. The van der Waals surface area contributed by atoms with Crippen molar-refractivity contribution >= 4 is 15.8 Å². The summed E-state index contributed by atoms with van der Waals surface area (Å²) in [5.74, 6) is 2.34. The second kappa shape index (κ2) is 11.7. The van der Waals surface area contributed by atoms with Gasteiger partial charge in [-0.25, -0.2) is 8.42 Å². The van der Waals surface area contributed by atoms with Crippen LogP contribution in [0.15, 0.2) is 78.4 Å². The van der Waals surface area contributed by atoms with Crippen molar-refractivity contribution in [3.63, 3.8) is 0 Å². The number of aliphatic hydroxyl groups is 2. The highest BCUT2D eigenvalue weighted by atomic mass is 32.2. The third kappa shape index (κ3) is 4.86. The molecule has 0 amide bonds. The van der Waals surface area contributed by atoms with Gasteiger partial charge >= 0.3 is 0 Å². The highest BCUT2D eigenvalue weighted by molar-refractivity contribution is 7.88. The van der Waals surface area contributed by atoms with E-state index in [-0.39, 0.29) is 35.0 Å². The molecule has 0 heterocycles. The average Bonchev–Trinajstić information content (AvgIpc) is 3.40. The van der Waals surface area contributed by atoms with Crippen LogP contribution >= 0.6 is 0 Å². The summed E-state index contributed by atoms with van der Waals surface area (Å²) in [5.41, 5.74) is 0.496. The van der Waals surface area contributed by atoms with Crippen molar-refractivity contribution in [2.75, 3.05) is 19.3 Å². The van der Waals surface area contributed by atoms with E-state index in [0.29, 0.717) is 24.9 Å². The number of aliphatic hydroxyl groups excluding tert-OH is 1. The van der Waals surface area contributed by atoms with Crippen LogP contribution in [0.25, 0.3) is 11.1 Å². The van der Waals surface area contributed by atoms with Gasteiger partial charge in [-0.05, 0) is 135 Å². The molecule has 6 nitrogen and oxygen atoms in total. The van der Waals surface area contributed by atoms with Crippen LogP contribution < -0.4 is 0 Å². The fourth-order valence-electron chi connectivity index (χ4n) is 15.7. The summed E-state index contributed by atoms with van der Waals surface area (Å²) in [6.07, 6.45) is 20.4. The van der Waals surface area contributed by atoms with E-state index in [9.17, 15) is 18.6 Å². The lowest BCUT2D eigenvalue weighted by molar-refractivity contribution is -0.175. The quantitative estimate of drug-likeness (QED) is 0.208. The van der Waals surface area contributed by atoms with Crippen LogP contribution in [0.1, 0.15) is 108 Å². The largest absolute Gasteiger partial charge is 0.393 e. The fraction of sp³-hybridized carbons (Fsp3) is 0.638. The molecule has 0 radical (unpaired) electrons. The average molecular weight is 750 g/mol. The first kappa shape index (κ1) is 35.8. The van der Waals surface area contributed by atoms with E-state index in [4.69, 9.17) is 0 Å². The van der Waals surface area contributed by atoms with Crippen molar-refractivity contribution in [3.05, 3.63) is 84.0 Å². The minimum Gasteiger partial charge on any atom is -0.393 e. The first-order valence-corrected chi connectivity index (χ1v) is 23.0. The number of benzene rings is 2. The zero-order valence-corrected chi connectivity index (χ0v) is 33.3. The summed E-state index contributed by atoms with van der Waals surface area (Å²) < 4.78 is 29.3. The SMILES string of the molecule is CC12CCC(O)CC13C=CC1(C(C(=O)c4ccccc4-c4ccccc4)=C3)C2CCC2(C)C1CCC2(O)CN(CC12CC3CC(CC(C3)C1)C2)S(C)(=O)=O. The van der Waals surface area contributed by atoms with Crippen molar-refractivity contribution < 1.29 is 23.4 Å². The van der Waals surface area contributed by atoms with Gasteiger partial charge in [0.25, 0.3) is 0 Å². The molecular formula is C47H59NO5S. The van der Waals surface area contributed by atoms with Gasteiger partial charge < -0.3 is 10.2 Å². The zero-order chi connectivity index (χ0) is 37.5. The zero-order valence-electron chi connectivity index (χ0n) is 32.5. The smallest absolute Gasteiger partial charge is 0.211 e. The van der Waals surface area contributed by atoms with Gasteiger partial charge in [0.1, 0.15) is 0 Å². The minimum absolute atomic E-state index is 0.0247. The standard InChI is InChI=1S/C47H59NO5S/c1-42-16-13-35(49)27-45(42)19-20-47(38(28-45)41(50)37-12-8-7-11-36(37)34-9-5-4-6-10-34)39(42)14-17-43(2)40(47)15-18-46(43,51)30-48(54(3,52)53)29-44-24-31-21-32(25-44)23-33(22-31)26-44/h4-12,19-20,28,31-33,35,39-40,49,51H,13-18,21-27,29-30H2,1-3H3. The predicted octanol–water partition coefficient (Wildman–Crippen LogP) is 8.61. The molecular weight excluding hydrogens is 691 g/mol. The number of carbonyl (C=O) groups excluding carboxylic acids is 1. The molecule has 0 aromatic heterocycles. The Morgan fingerprint density at radius 2 is 1.39 bits per heavy atom. The summed E-state index contributed by atoms with van der Waals surface area (Å²) in [7, 11) is -3.59. The number of sulfonamides is 1. The highest BCUT2D eigenvalue weighted by Gasteiger charge is 2.74. The summed E-state index contributed by atoms with van der Waals surface area (Å²) in [4.78, 5) is 15.5. The molecule has 288 valence electrons. The third-order valence-electron chi connectivity index (χ3n) is 17.8. The molecule has 2 aromatic carbocycles. The fourth-order valence-corrected chi connectivity index (χ4v) is 16.7. The number of fused-ring (bicyclic) bond motifs is 1. The molecule has 7 saturated carbocycles. The van der Waals surface area contributed by atoms with Crippen LogP contribution in [-0.4, -0.2) is 59.8 Å². The van der Waals surface area contributed by atoms with Gasteiger partial charge in [-0.3, -0.25) is 4.79 Å². The van der Waals surface area contributed by atoms with E-state index >= 15 is 4.79 Å². The molecule has 54 heavy (non-hydrogen) atoms. The van der Waals surface area contributed by atoms with Crippen LogP contribution in [0.2, 0.25) is 0 Å². The number of nitrogens with zero attached hydrogens (tertiary/aromatic N) is 1. The van der Waals surface area contributed by atoms with Crippen molar-refractivity contribution in [1.82, 2.24) is 4.31 Å². The molecule has 2 aromatic rings.